The summed E-state index contributed by atoms with van der Waals surface area (Å²) in [5.74, 6) is 1.37. The van der Waals surface area contributed by atoms with Crippen molar-refractivity contribution in [1.82, 2.24) is 4.98 Å². The molecule has 4 rings (SSSR count). The van der Waals surface area contributed by atoms with Crippen LogP contribution in [0.5, 0.6) is 0 Å². The van der Waals surface area contributed by atoms with Gasteiger partial charge in [0, 0.05) is 11.1 Å². The first-order valence-electron chi connectivity index (χ1n) is 8.92. The molecule has 31 heavy (non-hydrogen) atoms. The number of benzene rings is 2. The average Bonchev–Trinajstić information content (AvgIpc) is 3.41. The molecule has 154 valence electrons. The lowest BCUT2D eigenvalue weighted by Crippen LogP contribution is -2.11. The Kier molecular flexibility index (Phi) is 5.36. The molecule has 2 aromatic carbocycles. The number of nitriles is 1. The molecule has 0 aliphatic rings. The molecule has 4 aromatic rings. The van der Waals surface area contributed by atoms with Crippen LogP contribution in [0.4, 0.5) is 5.88 Å². The number of hydrazone groups is 1. The molecule has 0 aliphatic heterocycles. The molecule has 0 bridgehead atoms. The molecular weight excluding hydrogens is 418 g/mol. The molecule has 10 heteroatoms. The summed E-state index contributed by atoms with van der Waals surface area (Å²) in [6.45, 7) is 0. The number of nitrogens with one attached hydrogen (secondary N) is 1. The summed E-state index contributed by atoms with van der Waals surface area (Å²) in [5, 5.41) is 18.4. The zero-order chi connectivity index (χ0) is 21.8. The molecule has 0 atom stereocenters. The third kappa shape index (κ3) is 4.53. The maximum Gasteiger partial charge on any atom is 0.252 e. The van der Waals surface area contributed by atoms with Crippen molar-refractivity contribution >= 4 is 22.1 Å². The van der Waals surface area contributed by atoms with Crippen LogP contribution in [0.1, 0.15) is 11.5 Å². The van der Waals surface area contributed by atoms with Crippen molar-refractivity contribution in [3.05, 3.63) is 78.2 Å². The molecule has 0 saturated carbocycles. The van der Waals surface area contributed by atoms with Crippen molar-refractivity contribution in [3.8, 4) is 28.8 Å². The zero-order valence-electron chi connectivity index (χ0n) is 15.9. The summed E-state index contributed by atoms with van der Waals surface area (Å²) in [6, 6.07) is 20.5. The number of hydrogen-bond acceptors (Lipinski definition) is 8. The fourth-order valence-electron chi connectivity index (χ4n) is 2.72. The van der Waals surface area contributed by atoms with Crippen LogP contribution in [0, 0.1) is 11.3 Å². The standard InChI is InChI=1S/C21H15N5O4S/c22-12-18-21(30-20(25-18)15-4-2-1-3-5-15)26-24-13-16-8-11-19(29-16)14-6-9-17(10-7-14)31(23,27)28/h1-11,13,26H,(H2,23,27,28). The Morgan fingerprint density at radius 1 is 1.00 bits per heavy atom. The van der Waals surface area contributed by atoms with Crippen molar-refractivity contribution in [2.45, 2.75) is 4.90 Å². The van der Waals surface area contributed by atoms with E-state index >= 15 is 0 Å². The first-order chi connectivity index (χ1) is 14.9. The van der Waals surface area contributed by atoms with E-state index in [1.807, 2.05) is 36.4 Å². The number of rotatable bonds is 6. The number of aromatic nitrogens is 1. The van der Waals surface area contributed by atoms with E-state index in [9.17, 15) is 13.7 Å². The van der Waals surface area contributed by atoms with Crippen LogP contribution in [0.25, 0.3) is 22.8 Å². The normalized spacial score (nSPS) is 11.5. The number of primary sulfonamides is 1. The van der Waals surface area contributed by atoms with Crippen LogP contribution in [0.15, 0.2) is 85.6 Å². The number of nitrogens with zero attached hydrogens (tertiary/aromatic N) is 3. The fourth-order valence-corrected chi connectivity index (χ4v) is 3.23. The summed E-state index contributed by atoms with van der Waals surface area (Å²) in [4.78, 5) is 4.17. The van der Waals surface area contributed by atoms with E-state index in [0.29, 0.717) is 23.0 Å². The highest BCUT2D eigenvalue weighted by molar-refractivity contribution is 7.89. The van der Waals surface area contributed by atoms with Crippen LogP contribution in [-0.4, -0.2) is 19.6 Å². The van der Waals surface area contributed by atoms with E-state index in [0.717, 1.165) is 5.56 Å². The van der Waals surface area contributed by atoms with Gasteiger partial charge in [-0.3, -0.25) is 0 Å². The van der Waals surface area contributed by atoms with Crippen LogP contribution in [-0.2, 0) is 10.0 Å². The number of sulfonamides is 1. The van der Waals surface area contributed by atoms with E-state index in [1.165, 1.54) is 18.3 Å². The summed E-state index contributed by atoms with van der Waals surface area (Å²) >= 11 is 0. The smallest absolute Gasteiger partial charge is 0.252 e. The van der Waals surface area contributed by atoms with Crippen molar-refractivity contribution < 1.29 is 17.3 Å². The third-order valence-electron chi connectivity index (χ3n) is 4.21. The maximum atomic E-state index is 11.3. The average molecular weight is 433 g/mol. The quantitative estimate of drug-likeness (QED) is 0.349. The molecule has 3 N–H and O–H groups in total. The second-order valence-electron chi connectivity index (χ2n) is 6.32. The summed E-state index contributed by atoms with van der Waals surface area (Å²) in [7, 11) is -3.75. The molecule has 0 radical (unpaired) electrons. The van der Waals surface area contributed by atoms with Crippen LogP contribution >= 0.6 is 0 Å². The monoisotopic (exact) mass is 433 g/mol. The van der Waals surface area contributed by atoms with Gasteiger partial charge in [-0.15, -0.1) is 0 Å². The van der Waals surface area contributed by atoms with Crippen molar-refractivity contribution in [2.75, 3.05) is 5.43 Å². The summed E-state index contributed by atoms with van der Waals surface area (Å²) in [6.07, 6.45) is 1.41. The number of anilines is 1. The minimum Gasteiger partial charge on any atom is -0.455 e. The fraction of sp³-hybridized carbons (Fsp3) is 0. The van der Waals surface area contributed by atoms with Gasteiger partial charge in [-0.25, -0.2) is 19.0 Å². The molecule has 0 amide bonds. The highest BCUT2D eigenvalue weighted by atomic mass is 32.2. The molecule has 0 aliphatic carbocycles. The number of nitrogens with two attached hydrogens (primary N) is 1. The van der Waals surface area contributed by atoms with Gasteiger partial charge in [-0.2, -0.15) is 15.3 Å². The number of oxazole rings is 1. The molecule has 2 heterocycles. The lowest BCUT2D eigenvalue weighted by atomic mass is 10.2. The minimum atomic E-state index is -3.75. The maximum absolute atomic E-state index is 11.3. The largest absolute Gasteiger partial charge is 0.455 e. The second-order valence-corrected chi connectivity index (χ2v) is 7.88. The number of hydrogen-bond donors (Lipinski definition) is 2. The lowest BCUT2D eigenvalue weighted by Gasteiger charge is -2.00. The van der Waals surface area contributed by atoms with Crippen molar-refractivity contribution in [1.29, 1.82) is 5.26 Å². The van der Waals surface area contributed by atoms with Gasteiger partial charge < -0.3 is 8.83 Å². The van der Waals surface area contributed by atoms with Crippen LogP contribution < -0.4 is 10.6 Å². The molecule has 9 nitrogen and oxygen atoms in total. The summed E-state index contributed by atoms with van der Waals surface area (Å²) in [5.41, 5.74) is 4.14. The first kappa shape index (κ1) is 20.1. The Labute approximate surface area is 177 Å². The van der Waals surface area contributed by atoms with Crippen molar-refractivity contribution in [2.24, 2.45) is 10.2 Å². The predicted octanol–water partition coefficient (Wildman–Crippen LogP) is 3.57. The minimum absolute atomic E-state index is 0.0176. The number of furan rings is 1. The highest BCUT2D eigenvalue weighted by Crippen LogP contribution is 2.25. The molecule has 0 saturated heterocycles. The predicted molar refractivity (Wildman–Crippen MR) is 113 cm³/mol. The van der Waals surface area contributed by atoms with E-state index in [1.54, 1.807) is 24.3 Å². The van der Waals surface area contributed by atoms with E-state index in [-0.39, 0.29) is 16.5 Å². The van der Waals surface area contributed by atoms with E-state index < -0.39 is 10.0 Å². The molecule has 0 unspecified atom stereocenters. The van der Waals surface area contributed by atoms with Gasteiger partial charge in [-0.05, 0) is 48.5 Å². The van der Waals surface area contributed by atoms with Gasteiger partial charge in [0.1, 0.15) is 17.6 Å². The highest BCUT2D eigenvalue weighted by Gasteiger charge is 2.14. The Bertz CT molecular complexity index is 1380. The summed E-state index contributed by atoms with van der Waals surface area (Å²) < 4.78 is 34.0. The zero-order valence-corrected chi connectivity index (χ0v) is 16.7. The molecular formula is C21H15N5O4S. The topological polar surface area (TPSA) is 148 Å². The van der Waals surface area contributed by atoms with Gasteiger partial charge in [0.15, 0.2) is 0 Å². The third-order valence-corrected chi connectivity index (χ3v) is 5.14. The SMILES string of the molecule is N#Cc1nc(-c2ccccc2)oc1NN=Cc1ccc(-c2ccc(S(N)(=O)=O)cc2)o1. The molecule has 0 fully saturated rings. The lowest BCUT2D eigenvalue weighted by molar-refractivity contribution is 0.574. The Balaban J connectivity index is 1.48. The Morgan fingerprint density at radius 3 is 2.42 bits per heavy atom. The Morgan fingerprint density at radius 2 is 1.74 bits per heavy atom. The first-order valence-corrected chi connectivity index (χ1v) is 10.5. The van der Waals surface area contributed by atoms with Gasteiger partial charge in [0.05, 0.1) is 11.1 Å². The van der Waals surface area contributed by atoms with Gasteiger partial charge in [-0.1, -0.05) is 18.2 Å². The van der Waals surface area contributed by atoms with Crippen LogP contribution in [0.3, 0.4) is 0 Å². The molecule has 2 aromatic heterocycles. The molecule has 0 spiro atoms. The Hall–Kier alpha value is -4.20. The van der Waals surface area contributed by atoms with Gasteiger partial charge >= 0.3 is 0 Å². The van der Waals surface area contributed by atoms with E-state index in [2.05, 4.69) is 15.5 Å². The second kappa shape index (κ2) is 8.27. The van der Waals surface area contributed by atoms with Gasteiger partial charge in [0.25, 0.3) is 5.88 Å². The van der Waals surface area contributed by atoms with E-state index in [4.69, 9.17) is 14.0 Å². The van der Waals surface area contributed by atoms with Gasteiger partial charge in [0.2, 0.25) is 21.6 Å². The van der Waals surface area contributed by atoms with Crippen molar-refractivity contribution in [3.63, 3.8) is 0 Å². The van der Waals surface area contributed by atoms with Crippen LogP contribution in [0.2, 0.25) is 0 Å².